The van der Waals surface area contributed by atoms with Crippen molar-refractivity contribution in [1.82, 2.24) is 0 Å². The van der Waals surface area contributed by atoms with Crippen LogP contribution in [-0.4, -0.2) is 11.3 Å². The highest BCUT2D eigenvalue weighted by Crippen LogP contribution is 2.89. The molecule has 1 saturated heterocycles. The van der Waals surface area contributed by atoms with Gasteiger partial charge in [0.2, 0.25) is 0 Å². The highest BCUT2D eigenvalue weighted by molar-refractivity contribution is 8.20. The molecule has 3 aliphatic heterocycles. The molecule has 4 saturated carbocycles. The molecule has 8 unspecified atom stereocenters. The summed E-state index contributed by atoms with van der Waals surface area (Å²) in [4.78, 5) is 0. The van der Waals surface area contributed by atoms with Crippen LogP contribution in [0.3, 0.4) is 0 Å². The number of benzene rings is 2. The third-order valence-corrected chi connectivity index (χ3v) is 17.3. The molecule has 4 aliphatic carbocycles. The average molecular weight is 443 g/mol. The van der Waals surface area contributed by atoms with E-state index in [1.165, 1.54) is 44.1 Å². The lowest BCUT2D eigenvalue weighted by molar-refractivity contribution is 0.105. The third-order valence-electron chi connectivity index (χ3n) is 10.8. The second-order valence-corrected chi connectivity index (χ2v) is 16.5. The summed E-state index contributed by atoms with van der Waals surface area (Å²) in [5.41, 5.74) is 4.98. The van der Waals surface area contributed by atoms with Gasteiger partial charge in [0.15, 0.2) is 0 Å². The second kappa shape index (κ2) is 6.03. The quantitative estimate of drug-likeness (QED) is 0.440. The normalized spacial score (nSPS) is 50.4. The van der Waals surface area contributed by atoms with Crippen molar-refractivity contribution in [2.45, 2.75) is 55.3 Å². The van der Waals surface area contributed by atoms with Crippen molar-refractivity contribution in [2.24, 2.45) is 35.5 Å². The van der Waals surface area contributed by atoms with Gasteiger partial charge in [0, 0.05) is 5.41 Å². The van der Waals surface area contributed by atoms with Gasteiger partial charge < -0.3 is 0 Å². The van der Waals surface area contributed by atoms with Crippen LogP contribution in [-0.2, 0) is 17.2 Å². The Morgan fingerprint density at radius 1 is 0.677 bits per heavy atom. The first-order chi connectivity index (χ1) is 15.2. The summed E-state index contributed by atoms with van der Waals surface area (Å²) in [7, 11) is 0. The Labute approximate surface area is 191 Å². The van der Waals surface area contributed by atoms with E-state index in [1.807, 2.05) is 0 Å². The second-order valence-electron chi connectivity index (χ2n) is 11.6. The minimum atomic E-state index is -1.62. The van der Waals surface area contributed by atoms with E-state index in [1.54, 1.807) is 10.9 Å². The predicted octanol–water partition coefficient (Wildman–Crippen LogP) is 7.30. The molecule has 31 heavy (non-hydrogen) atoms. The van der Waals surface area contributed by atoms with E-state index in [9.17, 15) is 0 Å². The fourth-order valence-corrected chi connectivity index (χ4v) is 18.4. The average Bonchev–Trinajstić information content (AvgIpc) is 3.62. The minimum absolute atomic E-state index is 0.238. The minimum Gasteiger partial charge on any atom is -0.0919 e. The first-order valence-electron chi connectivity index (χ1n) is 12.7. The van der Waals surface area contributed by atoms with Gasteiger partial charge in [-0.2, -0.15) is 0 Å². The van der Waals surface area contributed by atoms with E-state index in [-0.39, 0.29) is 5.41 Å². The molecule has 0 nitrogen and oxygen atoms in total. The Balaban J connectivity index is 1.49. The largest absolute Gasteiger partial charge is 0.0919 e. The molecular weight excluding hydrogens is 411 g/mol. The number of rotatable bonds is 2. The number of hydrogen-bond acceptors (Lipinski definition) is 1. The Morgan fingerprint density at radius 3 is 1.77 bits per heavy atom. The van der Waals surface area contributed by atoms with E-state index >= 15 is 0 Å². The van der Waals surface area contributed by atoms with Crippen molar-refractivity contribution in [1.29, 1.82) is 0 Å². The molecule has 3 heterocycles. The summed E-state index contributed by atoms with van der Waals surface area (Å²) in [5.74, 6) is 5.32. The summed E-state index contributed by atoms with van der Waals surface area (Å²) < 4.78 is 0. The van der Waals surface area contributed by atoms with Gasteiger partial charge in [0.05, 0.1) is 0 Å². The summed E-state index contributed by atoms with van der Waals surface area (Å²) in [5, 5.41) is 1.66. The predicted molar refractivity (Wildman–Crippen MR) is 133 cm³/mol. The topological polar surface area (TPSA) is 0 Å². The molecule has 2 heteroatoms. The van der Waals surface area contributed by atoms with Crippen LogP contribution in [0.4, 0.5) is 0 Å². The van der Waals surface area contributed by atoms with Crippen LogP contribution in [0.5, 0.6) is 0 Å². The fraction of sp³-hybridized carbons (Fsp3) is 0.517. The zero-order valence-electron chi connectivity index (χ0n) is 18.1. The zero-order valence-corrected chi connectivity index (χ0v) is 19.8. The van der Waals surface area contributed by atoms with Crippen molar-refractivity contribution in [3.05, 3.63) is 77.9 Å². The van der Waals surface area contributed by atoms with Crippen LogP contribution in [0.2, 0.25) is 0 Å². The van der Waals surface area contributed by atoms with Crippen LogP contribution >= 0.6 is 6.04 Å². The van der Waals surface area contributed by atoms with E-state index in [0.29, 0.717) is 0 Å². The van der Waals surface area contributed by atoms with Gasteiger partial charge in [0.1, 0.15) is 0 Å². The fourth-order valence-electron chi connectivity index (χ4n) is 10.3. The van der Waals surface area contributed by atoms with E-state index in [2.05, 4.69) is 66.7 Å². The van der Waals surface area contributed by atoms with Gasteiger partial charge in [-0.25, -0.2) is 0 Å². The number of hydrogen-bond donors (Lipinski definition) is 0. The van der Waals surface area contributed by atoms with Gasteiger partial charge in [0.25, 0.3) is 0 Å². The van der Waals surface area contributed by atoms with Crippen molar-refractivity contribution >= 4 is 23.2 Å². The summed E-state index contributed by atoms with van der Waals surface area (Å²) >= 11 is 7.14. The lowest BCUT2D eigenvalue weighted by Crippen LogP contribution is -2.61. The molecular formula is C29H31PS. The Hall–Kier alpha value is -1.17. The zero-order chi connectivity index (χ0) is 20.4. The Morgan fingerprint density at radius 2 is 1.19 bits per heavy atom. The maximum Gasteiger partial charge on any atom is 0.0216 e. The van der Waals surface area contributed by atoms with Crippen molar-refractivity contribution in [3.63, 3.8) is 0 Å². The summed E-state index contributed by atoms with van der Waals surface area (Å²) in [6.07, 6.45) is 11.7. The molecule has 7 aliphatic rings. The van der Waals surface area contributed by atoms with Crippen LogP contribution in [0.1, 0.15) is 49.7 Å². The van der Waals surface area contributed by atoms with Gasteiger partial charge in [-0.15, -0.1) is 0 Å². The van der Waals surface area contributed by atoms with Gasteiger partial charge in [-0.1, -0.05) is 78.5 Å². The van der Waals surface area contributed by atoms with Gasteiger partial charge in [-0.05, 0) is 108 Å². The van der Waals surface area contributed by atoms with Gasteiger partial charge in [-0.3, -0.25) is 0 Å². The molecule has 158 valence electrons. The molecule has 0 N–H and O–H groups in total. The molecule has 0 spiro atoms. The molecule has 0 aromatic heterocycles. The highest BCUT2D eigenvalue weighted by Gasteiger charge is 2.75. The van der Waals surface area contributed by atoms with Gasteiger partial charge >= 0.3 is 0 Å². The van der Waals surface area contributed by atoms with Crippen molar-refractivity contribution in [2.75, 3.05) is 0 Å². The molecule has 5 fully saturated rings. The first kappa shape index (κ1) is 18.3. The summed E-state index contributed by atoms with van der Waals surface area (Å²) in [6, 6.07) is 21.6. The standard InChI is InChI=1S/C29H31PS/c31-30-24(18-7-3-1-4-8-18)17-29(23-9-5-2-6-10-23,25-19-11-13-21(15-19)27(25)30)26-20-12-14-22(16-20)28(26)30/h1-10,17,19-22,25-28H,11-16H2. The molecule has 6 bridgehead atoms. The Bertz CT molecular complexity index is 1100. The third kappa shape index (κ3) is 2.00. The van der Waals surface area contributed by atoms with Crippen LogP contribution in [0.15, 0.2) is 66.7 Å². The first-order valence-corrected chi connectivity index (χ1v) is 15.6. The van der Waals surface area contributed by atoms with Crippen LogP contribution in [0, 0.1) is 35.5 Å². The molecule has 0 radical (unpaired) electrons. The maximum atomic E-state index is 7.14. The van der Waals surface area contributed by atoms with Crippen LogP contribution < -0.4 is 0 Å². The Kier molecular flexibility index (Phi) is 3.56. The maximum absolute atomic E-state index is 7.14. The molecule has 2 aromatic rings. The SMILES string of the molecule is S=P12C(c3ccccc3)=CC(c3ccccc3)(C3C4CCC(C4)C31)C1C3CCC(C3)C12. The molecule has 0 amide bonds. The van der Waals surface area contributed by atoms with Crippen molar-refractivity contribution in [3.8, 4) is 0 Å². The molecule has 8 atom stereocenters. The smallest absolute Gasteiger partial charge is 0.0216 e. The van der Waals surface area contributed by atoms with E-state index in [0.717, 1.165) is 46.8 Å². The van der Waals surface area contributed by atoms with E-state index in [4.69, 9.17) is 11.8 Å². The molecule has 2 aromatic carbocycles. The number of allylic oxidation sites excluding steroid dienone is 1. The van der Waals surface area contributed by atoms with Crippen molar-refractivity contribution < 1.29 is 0 Å². The monoisotopic (exact) mass is 442 g/mol. The highest BCUT2D eigenvalue weighted by atomic mass is 32.4. The lowest BCUT2D eigenvalue weighted by Gasteiger charge is -2.66. The van der Waals surface area contributed by atoms with E-state index < -0.39 is 6.04 Å². The molecule has 9 rings (SSSR count). The lowest BCUT2D eigenvalue weighted by atomic mass is 9.53. The number of fused-ring (bicyclic) bond motifs is 4. The summed E-state index contributed by atoms with van der Waals surface area (Å²) in [6.45, 7) is 0. The van der Waals surface area contributed by atoms with Crippen LogP contribution in [0.25, 0.3) is 5.31 Å².